The molecule has 1 aromatic heterocycles. The van der Waals surface area contributed by atoms with Crippen LogP contribution in [0.1, 0.15) is 28.2 Å². The normalized spacial score (nSPS) is 14.2. The molecule has 0 saturated heterocycles. The van der Waals surface area contributed by atoms with Crippen LogP contribution in [0.5, 0.6) is 0 Å². The van der Waals surface area contributed by atoms with Gasteiger partial charge in [0.15, 0.2) is 0 Å². The molecular weight excluding hydrogens is 172 g/mol. The number of aromatic amines is 1. The van der Waals surface area contributed by atoms with E-state index in [9.17, 15) is 9.59 Å². The van der Waals surface area contributed by atoms with E-state index in [1.807, 2.05) is 0 Å². The van der Waals surface area contributed by atoms with Crippen LogP contribution in [0.25, 0.3) is 0 Å². The number of nitrogens with zero attached hydrogens (tertiary/aromatic N) is 1. The van der Waals surface area contributed by atoms with E-state index in [-0.39, 0.29) is 5.69 Å². The maximum Gasteiger partial charge on any atom is 0.379 e. The van der Waals surface area contributed by atoms with E-state index in [2.05, 4.69) is 10.2 Å². The third-order valence-corrected chi connectivity index (χ3v) is 2.22. The summed E-state index contributed by atoms with van der Waals surface area (Å²) in [6.07, 6.45) is 2.57. The minimum atomic E-state index is -1.44. The number of H-pyrrole nitrogens is 1. The minimum absolute atomic E-state index is 0.0833. The van der Waals surface area contributed by atoms with Crippen LogP contribution in [-0.2, 0) is 17.6 Å². The topological polar surface area (TPSA) is 83.0 Å². The average molecular weight is 180 g/mol. The Morgan fingerprint density at radius 1 is 1.38 bits per heavy atom. The van der Waals surface area contributed by atoms with Crippen molar-refractivity contribution in [3.05, 3.63) is 17.0 Å². The number of hydrogen-bond acceptors (Lipinski definition) is 3. The molecule has 0 bridgehead atoms. The standard InChI is InChI=1S/C8H8N2O3/c11-7(8(12)13)6-4-2-1-3-5(4)9-10-6/h1-3H2,(H,9,10)(H,12,13). The fourth-order valence-electron chi connectivity index (χ4n) is 1.61. The first-order valence-electron chi connectivity index (χ1n) is 4.04. The second-order valence-electron chi connectivity index (χ2n) is 3.02. The fourth-order valence-corrected chi connectivity index (χ4v) is 1.61. The molecular formula is C8H8N2O3. The van der Waals surface area contributed by atoms with E-state index in [1.165, 1.54) is 0 Å². The Kier molecular flexibility index (Phi) is 1.65. The van der Waals surface area contributed by atoms with Gasteiger partial charge in [-0.2, -0.15) is 5.10 Å². The number of hydrogen-bond donors (Lipinski definition) is 2. The van der Waals surface area contributed by atoms with Gasteiger partial charge in [0.25, 0.3) is 5.78 Å². The summed E-state index contributed by atoms with van der Waals surface area (Å²) in [5.41, 5.74) is 1.78. The van der Waals surface area contributed by atoms with Crippen molar-refractivity contribution in [1.82, 2.24) is 10.2 Å². The lowest BCUT2D eigenvalue weighted by Crippen LogP contribution is -2.14. The van der Waals surface area contributed by atoms with Crippen molar-refractivity contribution in [3.8, 4) is 0 Å². The zero-order valence-corrected chi connectivity index (χ0v) is 6.83. The summed E-state index contributed by atoms with van der Waals surface area (Å²) in [7, 11) is 0. The number of aryl methyl sites for hydroxylation is 1. The van der Waals surface area contributed by atoms with Crippen LogP contribution in [0, 0.1) is 0 Å². The average Bonchev–Trinajstić information content (AvgIpc) is 2.61. The predicted octanol–water partition coefficient (Wildman–Crippen LogP) is 0.166. The predicted molar refractivity (Wildman–Crippen MR) is 42.6 cm³/mol. The molecule has 0 radical (unpaired) electrons. The number of ketones is 1. The van der Waals surface area contributed by atoms with Gasteiger partial charge in [0, 0.05) is 11.3 Å². The van der Waals surface area contributed by atoms with Gasteiger partial charge < -0.3 is 5.11 Å². The van der Waals surface area contributed by atoms with Gasteiger partial charge in [-0.1, -0.05) is 0 Å². The Bertz CT molecular complexity index is 381. The molecule has 5 heteroatoms. The summed E-state index contributed by atoms with van der Waals surface area (Å²) in [5, 5.41) is 14.9. The van der Waals surface area contributed by atoms with Crippen LogP contribution >= 0.6 is 0 Å². The molecule has 2 N–H and O–H groups in total. The van der Waals surface area contributed by atoms with Gasteiger partial charge in [0.05, 0.1) is 0 Å². The summed E-state index contributed by atoms with van der Waals surface area (Å²) in [6, 6.07) is 0. The Hall–Kier alpha value is -1.65. The highest BCUT2D eigenvalue weighted by Gasteiger charge is 2.26. The lowest BCUT2D eigenvalue weighted by molar-refractivity contribution is -0.131. The number of rotatable bonds is 2. The van der Waals surface area contributed by atoms with Crippen LogP contribution in [-0.4, -0.2) is 27.1 Å². The number of carbonyl (C=O) groups excluding carboxylic acids is 1. The molecule has 0 unspecified atom stereocenters. The minimum Gasteiger partial charge on any atom is -0.475 e. The number of Topliss-reactive ketones (excluding diaryl/α,β-unsaturated/α-hetero) is 1. The molecule has 1 heterocycles. The Morgan fingerprint density at radius 3 is 2.85 bits per heavy atom. The highest BCUT2D eigenvalue weighted by molar-refractivity contribution is 6.39. The van der Waals surface area contributed by atoms with Crippen molar-refractivity contribution in [2.75, 3.05) is 0 Å². The van der Waals surface area contributed by atoms with Crippen molar-refractivity contribution in [2.45, 2.75) is 19.3 Å². The number of aromatic nitrogens is 2. The van der Waals surface area contributed by atoms with E-state index in [1.54, 1.807) is 0 Å². The second-order valence-corrected chi connectivity index (χ2v) is 3.02. The molecule has 0 aromatic carbocycles. The summed E-state index contributed by atoms with van der Waals surface area (Å²) in [6.45, 7) is 0. The molecule has 0 spiro atoms. The highest BCUT2D eigenvalue weighted by atomic mass is 16.4. The number of carboxylic acid groups (broad SMARTS) is 1. The quantitative estimate of drug-likeness (QED) is 0.501. The van der Waals surface area contributed by atoms with Crippen molar-refractivity contribution >= 4 is 11.8 Å². The number of carboxylic acids is 1. The maximum absolute atomic E-state index is 11.1. The molecule has 2 rings (SSSR count). The van der Waals surface area contributed by atoms with Crippen molar-refractivity contribution in [2.24, 2.45) is 0 Å². The molecule has 0 fully saturated rings. The van der Waals surface area contributed by atoms with Crippen LogP contribution in [0.2, 0.25) is 0 Å². The molecule has 1 aliphatic carbocycles. The summed E-state index contributed by atoms with van der Waals surface area (Å²) < 4.78 is 0. The Balaban J connectivity index is 2.42. The molecule has 0 atom stereocenters. The summed E-state index contributed by atoms with van der Waals surface area (Å²) in [5.74, 6) is -2.36. The Labute approximate surface area is 73.8 Å². The van der Waals surface area contributed by atoms with Gasteiger partial charge in [0.1, 0.15) is 5.69 Å². The zero-order valence-electron chi connectivity index (χ0n) is 6.83. The molecule has 68 valence electrons. The van der Waals surface area contributed by atoms with Crippen molar-refractivity contribution in [1.29, 1.82) is 0 Å². The van der Waals surface area contributed by atoms with E-state index >= 15 is 0 Å². The first kappa shape index (κ1) is 7.97. The number of nitrogens with one attached hydrogen (secondary N) is 1. The molecule has 1 aromatic rings. The maximum atomic E-state index is 11.1. The van der Waals surface area contributed by atoms with Gasteiger partial charge >= 0.3 is 5.97 Å². The molecule has 13 heavy (non-hydrogen) atoms. The molecule has 0 amide bonds. The number of carbonyl (C=O) groups is 2. The van der Waals surface area contributed by atoms with Crippen molar-refractivity contribution in [3.63, 3.8) is 0 Å². The summed E-state index contributed by atoms with van der Waals surface area (Å²) >= 11 is 0. The van der Waals surface area contributed by atoms with Gasteiger partial charge in [-0.25, -0.2) is 4.79 Å². The van der Waals surface area contributed by atoms with Crippen LogP contribution in [0.4, 0.5) is 0 Å². The summed E-state index contributed by atoms with van der Waals surface area (Å²) in [4.78, 5) is 21.5. The molecule has 1 aliphatic rings. The SMILES string of the molecule is O=C(O)C(=O)c1n[nH]c2c1CCC2. The first-order valence-corrected chi connectivity index (χ1v) is 4.04. The van der Waals surface area contributed by atoms with E-state index < -0.39 is 11.8 Å². The number of aliphatic carboxylic acids is 1. The molecule has 5 nitrogen and oxygen atoms in total. The first-order chi connectivity index (χ1) is 6.20. The smallest absolute Gasteiger partial charge is 0.379 e. The second kappa shape index (κ2) is 2.69. The van der Waals surface area contributed by atoms with Crippen LogP contribution in [0.15, 0.2) is 0 Å². The molecule has 0 saturated carbocycles. The third-order valence-electron chi connectivity index (χ3n) is 2.22. The zero-order chi connectivity index (χ0) is 9.42. The lowest BCUT2D eigenvalue weighted by atomic mass is 10.1. The number of fused-ring (bicyclic) bond motifs is 1. The van der Waals surface area contributed by atoms with E-state index in [0.29, 0.717) is 0 Å². The largest absolute Gasteiger partial charge is 0.475 e. The van der Waals surface area contributed by atoms with Gasteiger partial charge in [-0.15, -0.1) is 0 Å². The van der Waals surface area contributed by atoms with Gasteiger partial charge in [-0.3, -0.25) is 9.89 Å². The van der Waals surface area contributed by atoms with E-state index in [0.717, 1.165) is 30.5 Å². The van der Waals surface area contributed by atoms with Gasteiger partial charge in [0.2, 0.25) is 0 Å². The van der Waals surface area contributed by atoms with Crippen LogP contribution < -0.4 is 0 Å². The van der Waals surface area contributed by atoms with Gasteiger partial charge in [-0.05, 0) is 19.3 Å². The lowest BCUT2D eigenvalue weighted by Gasteiger charge is -1.91. The fraction of sp³-hybridized carbons (Fsp3) is 0.375. The highest BCUT2D eigenvalue weighted by Crippen LogP contribution is 2.22. The van der Waals surface area contributed by atoms with E-state index in [4.69, 9.17) is 5.11 Å². The third kappa shape index (κ3) is 1.12. The molecule has 0 aliphatic heterocycles. The van der Waals surface area contributed by atoms with Crippen LogP contribution in [0.3, 0.4) is 0 Å². The van der Waals surface area contributed by atoms with Crippen molar-refractivity contribution < 1.29 is 14.7 Å². The Morgan fingerprint density at radius 2 is 2.15 bits per heavy atom. The monoisotopic (exact) mass is 180 g/mol.